The fourth-order valence-electron chi connectivity index (χ4n) is 1.45. The Bertz CT molecular complexity index is 493. The number of nitro benzene ring substituents is 1. The van der Waals surface area contributed by atoms with Gasteiger partial charge in [0.1, 0.15) is 0 Å². The van der Waals surface area contributed by atoms with Crippen LogP contribution < -0.4 is 11.1 Å². The number of carbonyl (C=O) groups is 1. The highest BCUT2D eigenvalue weighted by molar-refractivity contribution is 6.33. The van der Waals surface area contributed by atoms with Crippen LogP contribution in [-0.4, -0.2) is 16.9 Å². The number of hydrogen-bond acceptors (Lipinski definition) is 4. The van der Waals surface area contributed by atoms with Gasteiger partial charge in [0.15, 0.2) is 0 Å². The lowest BCUT2D eigenvalue weighted by atomic mass is 9.99. The minimum atomic E-state index is -0.680. The standard InChI is InChI=1S/C12H16ClN3O3/c1-3-7(2)11(14)12(17)15-10-6-8(16(18)19)4-5-9(10)13/h4-7,11H,3,14H2,1-2H3,(H,15,17). The summed E-state index contributed by atoms with van der Waals surface area (Å²) < 4.78 is 0. The van der Waals surface area contributed by atoms with Crippen LogP contribution in [0.15, 0.2) is 18.2 Å². The summed E-state index contributed by atoms with van der Waals surface area (Å²) in [4.78, 5) is 22.0. The van der Waals surface area contributed by atoms with Gasteiger partial charge in [0.05, 0.1) is 21.7 Å². The van der Waals surface area contributed by atoms with Gasteiger partial charge in [-0.05, 0) is 12.0 Å². The van der Waals surface area contributed by atoms with Crippen molar-refractivity contribution >= 4 is 28.9 Å². The second-order valence-corrected chi connectivity index (χ2v) is 4.73. The topological polar surface area (TPSA) is 98.3 Å². The Labute approximate surface area is 116 Å². The maximum Gasteiger partial charge on any atom is 0.271 e. The molecule has 0 aromatic heterocycles. The number of nitrogens with zero attached hydrogens (tertiary/aromatic N) is 1. The lowest BCUT2D eigenvalue weighted by Gasteiger charge is -2.18. The van der Waals surface area contributed by atoms with Crippen molar-refractivity contribution in [1.82, 2.24) is 0 Å². The molecule has 0 spiro atoms. The Kier molecular flexibility index (Phi) is 5.26. The van der Waals surface area contributed by atoms with Gasteiger partial charge in [-0.25, -0.2) is 0 Å². The summed E-state index contributed by atoms with van der Waals surface area (Å²) in [5, 5.41) is 13.4. The molecule has 0 heterocycles. The number of benzene rings is 1. The molecule has 0 fully saturated rings. The highest BCUT2D eigenvalue weighted by Crippen LogP contribution is 2.27. The first-order valence-electron chi connectivity index (χ1n) is 5.87. The lowest BCUT2D eigenvalue weighted by molar-refractivity contribution is -0.384. The molecule has 1 amide bonds. The molecule has 0 saturated carbocycles. The molecule has 1 aromatic carbocycles. The molecule has 2 unspecified atom stereocenters. The molecule has 1 rings (SSSR count). The molecule has 104 valence electrons. The van der Waals surface area contributed by atoms with Crippen molar-refractivity contribution in [1.29, 1.82) is 0 Å². The summed E-state index contributed by atoms with van der Waals surface area (Å²) in [7, 11) is 0. The van der Waals surface area contributed by atoms with Crippen LogP contribution in [0.2, 0.25) is 5.02 Å². The molecule has 0 aliphatic carbocycles. The Morgan fingerprint density at radius 3 is 2.74 bits per heavy atom. The van der Waals surface area contributed by atoms with Crippen molar-refractivity contribution in [2.75, 3.05) is 5.32 Å². The summed E-state index contributed by atoms with van der Waals surface area (Å²) in [5.74, 6) is -0.394. The number of nitrogens with two attached hydrogens (primary N) is 1. The number of nitrogens with one attached hydrogen (secondary N) is 1. The first kappa shape index (κ1) is 15.4. The maximum absolute atomic E-state index is 11.9. The number of nitro groups is 1. The predicted molar refractivity (Wildman–Crippen MR) is 74.2 cm³/mol. The predicted octanol–water partition coefficient (Wildman–Crippen LogP) is 2.56. The smallest absolute Gasteiger partial charge is 0.271 e. The molecular formula is C12H16ClN3O3. The van der Waals surface area contributed by atoms with Gasteiger partial charge in [-0.15, -0.1) is 0 Å². The largest absolute Gasteiger partial charge is 0.323 e. The van der Waals surface area contributed by atoms with Gasteiger partial charge in [0.2, 0.25) is 5.91 Å². The fourth-order valence-corrected chi connectivity index (χ4v) is 1.62. The third-order valence-electron chi connectivity index (χ3n) is 2.98. The van der Waals surface area contributed by atoms with E-state index in [1.54, 1.807) is 0 Å². The average Bonchev–Trinajstić information content (AvgIpc) is 2.38. The van der Waals surface area contributed by atoms with Gasteiger partial charge in [-0.1, -0.05) is 31.9 Å². The van der Waals surface area contributed by atoms with Crippen molar-refractivity contribution in [2.24, 2.45) is 11.7 Å². The van der Waals surface area contributed by atoms with Gasteiger partial charge in [0.25, 0.3) is 5.69 Å². The zero-order chi connectivity index (χ0) is 14.6. The molecular weight excluding hydrogens is 270 g/mol. The minimum absolute atomic E-state index is 0.0115. The Balaban J connectivity index is 2.90. The summed E-state index contributed by atoms with van der Waals surface area (Å²) in [6.07, 6.45) is 0.761. The molecule has 1 aromatic rings. The highest BCUT2D eigenvalue weighted by Gasteiger charge is 2.21. The van der Waals surface area contributed by atoms with E-state index in [2.05, 4.69) is 5.32 Å². The first-order valence-corrected chi connectivity index (χ1v) is 6.25. The summed E-state index contributed by atoms with van der Waals surface area (Å²) in [5.41, 5.74) is 5.83. The zero-order valence-corrected chi connectivity index (χ0v) is 11.5. The Morgan fingerprint density at radius 1 is 1.58 bits per heavy atom. The van der Waals surface area contributed by atoms with E-state index in [9.17, 15) is 14.9 Å². The van der Waals surface area contributed by atoms with Gasteiger partial charge in [0, 0.05) is 12.1 Å². The number of hydrogen-bond donors (Lipinski definition) is 2. The van der Waals surface area contributed by atoms with Crippen LogP contribution >= 0.6 is 11.6 Å². The second-order valence-electron chi connectivity index (χ2n) is 4.32. The minimum Gasteiger partial charge on any atom is -0.323 e. The maximum atomic E-state index is 11.9. The summed E-state index contributed by atoms with van der Waals surface area (Å²) >= 11 is 5.88. The quantitative estimate of drug-likeness (QED) is 0.641. The van der Waals surface area contributed by atoms with Crippen molar-refractivity contribution in [3.8, 4) is 0 Å². The van der Waals surface area contributed by atoms with Crippen LogP contribution in [0.3, 0.4) is 0 Å². The van der Waals surface area contributed by atoms with E-state index in [-0.39, 0.29) is 22.3 Å². The fraction of sp³-hybridized carbons (Fsp3) is 0.417. The normalized spacial score (nSPS) is 13.7. The molecule has 3 N–H and O–H groups in total. The van der Waals surface area contributed by atoms with Crippen LogP contribution in [0.25, 0.3) is 0 Å². The van der Waals surface area contributed by atoms with E-state index in [4.69, 9.17) is 17.3 Å². The lowest BCUT2D eigenvalue weighted by Crippen LogP contribution is -2.40. The second kappa shape index (κ2) is 6.49. The molecule has 0 radical (unpaired) electrons. The number of amides is 1. The van der Waals surface area contributed by atoms with Crippen LogP contribution in [0.5, 0.6) is 0 Å². The van der Waals surface area contributed by atoms with Gasteiger partial charge in [-0.3, -0.25) is 14.9 Å². The number of halogens is 1. The number of anilines is 1. The number of rotatable bonds is 5. The molecule has 0 aliphatic heterocycles. The van der Waals surface area contributed by atoms with E-state index in [1.165, 1.54) is 18.2 Å². The number of carbonyl (C=O) groups excluding carboxylic acids is 1. The van der Waals surface area contributed by atoms with Crippen LogP contribution in [0.4, 0.5) is 11.4 Å². The van der Waals surface area contributed by atoms with Crippen molar-refractivity contribution in [2.45, 2.75) is 26.3 Å². The Hall–Kier alpha value is -1.66. The molecule has 0 saturated heterocycles. The van der Waals surface area contributed by atoms with E-state index in [0.717, 1.165) is 6.42 Å². The van der Waals surface area contributed by atoms with E-state index in [0.29, 0.717) is 0 Å². The van der Waals surface area contributed by atoms with E-state index < -0.39 is 16.9 Å². The SMILES string of the molecule is CCC(C)C(N)C(=O)Nc1cc([N+](=O)[O-])ccc1Cl. The van der Waals surface area contributed by atoms with Crippen LogP contribution in [0, 0.1) is 16.0 Å². The first-order chi connectivity index (χ1) is 8.86. The monoisotopic (exact) mass is 285 g/mol. The highest BCUT2D eigenvalue weighted by atomic mass is 35.5. The van der Waals surface area contributed by atoms with Crippen molar-refractivity contribution in [3.05, 3.63) is 33.3 Å². The van der Waals surface area contributed by atoms with Crippen molar-refractivity contribution < 1.29 is 9.72 Å². The summed E-state index contributed by atoms with van der Waals surface area (Å²) in [6, 6.07) is 3.17. The molecule has 2 atom stereocenters. The zero-order valence-electron chi connectivity index (χ0n) is 10.7. The summed E-state index contributed by atoms with van der Waals surface area (Å²) in [6.45, 7) is 3.79. The third kappa shape index (κ3) is 3.90. The molecule has 0 bridgehead atoms. The van der Waals surface area contributed by atoms with Crippen LogP contribution in [0.1, 0.15) is 20.3 Å². The third-order valence-corrected chi connectivity index (χ3v) is 3.31. The average molecular weight is 286 g/mol. The molecule has 0 aliphatic rings. The Morgan fingerprint density at radius 2 is 2.21 bits per heavy atom. The van der Waals surface area contributed by atoms with Gasteiger partial charge < -0.3 is 11.1 Å². The van der Waals surface area contributed by atoms with Gasteiger partial charge >= 0.3 is 0 Å². The van der Waals surface area contributed by atoms with Gasteiger partial charge in [-0.2, -0.15) is 0 Å². The number of non-ortho nitro benzene ring substituents is 1. The van der Waals surface area contributed by atoms with Crippen molar-refractivity contribution in [3.63, 3.8) is 0 Å². The van der Waals surface area contributed by atoms with Crippen LogP contribution in [-0.2, 0) is 4.79 Å². The molecule has 7 heteroatoms. The molecule has 6 nitrogen and oxygen atoms in total. The van der Waals surface area contributed by atoms with E-state index >= 15 is 0 Å². The molecule has 19 heavy (non-hydrogen) atoms. The van der Waals surface area contributed by atoms with E-state index in [1.807, 2.05) is 13.8 Å².